The molecule has 208 valence electrons. The zero-order chi connectivity index (χ0) is 28.2. The van der Waals surface area contributed by atoms with Crippen molar-refractivity contribution in [1.82, 2.24) is 14.3 Å². The molecule has 41 heavy (non-hydrogen) atoms. The number of nitrogens with zero attached hydrogens (tertiary/aromatic N) is 3. The van der Waals surface area contributed by atoms with Gasteiger partial charge in [0, 0.05) is 24.2 Å². The van der Waals surface area contributed by atoms with Gasteiger partial charge in [-0.3, -0.25) is 0 Å². The Morgan fingerprint density at radius 3 is 2.39 bits per heavy atom. The van der Waals surface area contributed by atoms with Gasteiger partial charge in [0.2, 0.25) is 10.0 Å². The molecule has 1 aromatic heterocycles. The monoisotopic (exact) mass is 570 g/mol. The summed E-state index contributed by atoms with van der Waals surface area (Å²) in [6.45, 7) is 1.79. The highest BCUT2D eigenvalue weighted by Gasteiger charge is 2.26. The predicted molar refractivity (Wildman–Crippen MR) is 155 cm³/mol. The van der Waals surface area contributed by atoms with Crippen LogP contribution in [0.1, 0.15) is 5.56 Å². The molecule has 1 fully saturated rings. The summed E-state index contributed by atoms with van der Waals surface area (Å²) in [5.41, 5.74) is 4.12. The molecule has 4 aromatic carbocycles. The van der Waals surface area contributed by atoms with E-state index in [1.165, 1.54) is 22.8 Å². The summed E-state index contributed by atoms with van der Waals surface area (Å²) in [6.07, 6.45) is 1.51. The van der Waals surface area contributed by atoms with Crippen LogP contribution in [0.3, 0.4) is 0 Å². The molecule has 0 amide bonds. The quantitative estimate of drug-likeness (QED) is 0.253. The Balaban J connectivity index is 1.19. The highest BCUT2D eigenvalue weighted by molar-refractivity contribution is 7.89. The van der Waals surface area contributed by atoms with Crippen LogP contribution in [0.4, 0.5) is 15.9 Å². The van der Waals surface area contributed by atoms with E-state index in [9.17, 15) is 12.8 Å². The van der Waals surface area contributed by atoms with Crippen molar-refractivity contribution in [2.24, 2.45) is 0 Å². The Morgan fingerprint density at radius 2 is 1.63 bits per heavy atom. The van der Waals surface area contributed by atoms with Crippen LogP contribution in [-0.4, -0.2) is 49.0 Å². The third-order valence-corrected chi connectivity index (χ3v) is 8.76. The summed E-state index contributed by atoms with van der Waals surface area (Å²) in [7, 11) is -3.56. The molecule has 1 aliphatic rings. The van der Waals surface area contributed by atoms with E-state index in [0.717, 1.165) is 33.3 Å². The molecular formula is C31H27FN4O4S. The van der Waals surface area contributed by atoms with Crippen LogP contribution in [0.25, 0.3) is 22.0 Å². The topological polar surface area (TPSA) is 93.7 Å². The van der Waals surface area contributed by atoms with E-state index in [1.54, 1.807) is 18.2 Å². The number of sulfonamides is 1. The van der Waals surface area contributed by atoms with Crippen LogP contribution in [0.2, 0.25) is 0 Å². The largest absolute Gasteiger partial charge is 0.489 e. The lowest BCUT2D eigenvalue weighted by molar-refractivity contribution is 0.0730. The summed E-state index contributed by atoms with van der Waals surface area (Å²) in [6, 6.07) is 26.5. The Hall–Kier alpha value is -4.38. The van der Waals surface area contributed by atoms with Crippen LogP contribution >= 0.6 is 0 Å². The number of anilines is 2. The summed E-state index contributed by atoms with van der Waals surface area (Å²) >= 11 is 0. The number of benzene rings is 4. The van der Waals surface area contributed by atoms with E-state index in [4.69, 9.17) is 9.47 Å². The van der Waals surface area contributed by atoms with Crippen molar-refractivity contribution < 1.29 is 22.3 Å². The van der Waals surface area contributed by atoms with Gasteiger partial charge in [0.25, 0.3) is 0 Å². The molecular weight excluding hydrogens is 543 g/mol. The second-order valence-corrected chi connectivity index (χ2v) is 11.5. The molecule has 1 N–H and O–H groups in total. The van der Waals surface area contributed by atoms with Gasteiger partial charge in [0.1, 0.15) is 30.3 Å². The molecule has 0 saturated carbocycles. The van der Waals surface area contributed by atoms with Crippen molar-refractivity contribution in [1.29, 1.82) is 0 Å². The fourth-order valence-electron chi connectivity index (χ4n) is 4.66. The lowest BCUT2D eigenvalue weighted by Crippen LogP contribution is -2.40. The third-order valence-electron chi connectivity index (χ3n) is 6.84. The van der Waals surface area contributed by atoms with Crippen molar-refractivity contribution in [2.75, 3.05) is 31.6 Å². The average Bonchev–Trinajstić information content (AvgIpc) is 3.01. The van der Waals surface area contributed by atoms with E-state index in [2.05, 4.69) is 15.3 Å². The molecule has 6 rings (SSSR count). The van der Waals surface area contributed by atoms with Gasteiger partial charge in [-0.05, 0) is 77.4 Å². The number of rotatable bonds is 8. The minimum atomic E-state index is -3.56. The maximum atomic E-state index is 13.4. The molecule has 10 heteroatoms. The third kappa shape index (κ3) is 6.04. The second-order valence-electron chi connectivity index (χ2n) is 9.56. The van der Waals surface area contributed by atoms with Crippen LogP contribution in [0.15, 0.2) is 102 Å². The van der Waals surface area contributed by atoms with Crippen molar-refractivity contribution in [3.8, 4) is 16.9 Å². The Morgan fingerprint density at radius 1 is 0.878 bits per heavy atom. The van der Waals surface area contributed by atoms with Gasteiger partial charge in [0.15, 0.2) is 0 Å². The first-order valence-electron chi connectivity index (χ1n) is 13.1. The molecule has 5 aromatic rings. The van der Waals surface area contributed by atoms with Gasteiger partial charge >= 0.3 is 0 Å². The van der Waals surface area contributed by atoms with E-state index >= 15 is 0 Å². The summed E-state index contributed by atoms with van der Waals surface area (Å²) < 4.78 is 51.9. The fourth-order valence-corrected chi connectivity index (χ4v) is 6.06. The molecule has 1 saturated heterocycles. The lowest BCUT2D eigenvalue weighted by Gasteiger charge is -2.26. The molecule has 2 heterocycles. The van der Waals surface area contributed by atoms with E-state index in [0.29, 0.717) is 37.9 Å². The Kier molecular flexibility index (Phi) is 7.60. The van der Waals surface area contributed by atoms with Crippen molar-refractivity contribution in [2.45, 2.75) is 11.5 Å². The van der Waals surface area contributed by atoms with Gasteiger partial charge in [-0.2, -0.15) is 4.31 Å². The fraction of sp³-hybridized carbons (Fsp3) is 0.161. The van der Waals surface area contributed by atoms with Gasteiger partial charge < -0.3 is 14.8 Å². The predicted octanol–water partition coefficient (Wildman–Crippen LogP) is 5.78. The van der Waals surface area contributed by atoms with Crippen LogP contribution in [0.5, 0.6) is 5.75 Å². The number of ether oxygens (including phenoxy) is 2. The maximum Gasteiger partial charge on any atom is 0.243 e. The van der Waals surface area contributed by atoms with Gasteiger partial charge in [-0.1, -0.05) is 30.3 Å². The molecule has 0 aliphatic carbocycles. The minimum absolute atomic E-state index is 0.262. The van der Waals surface area contributed by atoms with Gasteiger partial charge in [-0.15, -0.1) is 0 Å². The van der Waals surface area contributed by atoms with E-state index in [1.807, 2.05) is 60.7 Å². The molecule has 0 bridgehead atoms. The smallest absolute Gasteiger partial charge is 0.243 e. The molecule has 0 radical (unpaired) electrons. The standard InChI is InChI=1S/C31H27FN4O4S/c32-25-3-1-2-22(18-25)20-40-27-9-7-26(8-10-27)35-31-29-19-24(6-13-30(29)33-21-34-31)23-4-11-28(12-5-23)41(37,38)36-14-16-39-17-15-36/h1-13,18-19,21H,14-17,20H2,(H,33,34,35). The van der Waals surface area contributed by atoms with Crippen molar-refractivity contribution in [3.63, 3.8) is 0 Å². The molecule has 0 atom stereocenters. The number of hydrogen-bond donors (Lipinski definition) is 1. The molecule has 0 spiro atoms. The average molecular weight is 571 g/mol. The summed E-state index contributed by atoms with van der Waals surface area (Å²) in [4.78, 5) is 9.12. The van der Waals surface area contributed by atoms with Gasteiger partial charge in [-0.25, -0.2) is 22.8 Å². The first kappa shape index (κ1) is 26.8. The zero-order valence-electron chi connectivity index (χ0n) is 22.0. The molecule has 0 unspecified atom stereocenters. The van der Waals surface area contributed by atoms with E-state index in [-0.39, 0.29) is 17.3 Å². The first-order valence-corrected chi connectivity index (χ1v) is 14.6. The van der Waals surface area contributed by atoms with Crippen LogP contribution in [0, 0.1) is 5.82 Å². The lowest BCUT2D eigenvalue weighted by atomic mass is 10.0. The zero-order valence-corrected chi connectivity index (χ0v) is 22.9. The molecule has 8 nitrogen and oxygen atoms in total. The van der Waals surface area contributed by atoms with Crippen molar-refractivity contribution >= 4 is 32.4 Å². The Labute approximate surface area is 237 Å². The van der Waals surface area contributed by atoms with Crippen molar-refractivity contribution in [3.05, 3.63) is 109 Å². The normalized spacial score (nSPS) is 14.2. The second kappa shape index (κ2) is 11.6. The number of halogens is 1. The number of morpholine rings is 1. The Bertz CT molecular complexity index is 1780. The van der Waals surface area contributed by atoms with Gasteiger partial charge in [0.05, 0.1) is 23.6 Å². The number of nitrogens with one attached hydrogen (secondary N) is 1. The molecule has 1 aliphatic heterocycles. The van der Waals surface area contributed by atoms with E-state index < -0.39 is 10.0 Å². The SMILES string of the molecule is O=S(=O)(c1ccc(-c2ccc3ncnc(Nc4ccc(OCc5cccc(F)c5)cc4)c3c2)cc1)N1CCOCC1. The summed E-state index contributed by atoms with van der Waals surface area (Å²) in [5, 5.41) is 4.17. The minimum Gasteiger partial charge on any atom is -0.489 e. The number of aromatic nitrogens is 2. The first-order chi connectivity index (χ1) is 20.0. The number of fused-ring (bicyclic) bond motifs is 1. The van der Waals surface area contributed by atoms with Crippen LogP contribution in [-0.2, 0) is 21.4 Å². The number of hydrogen-bond acceptors (Lipinski definition) is 7. The maximum absolute atomic E-state index is 13.4. The van der Waals surface area contributed by atoms with Crippen LogP contribution < -0.4 is 10.1 Å². The highest BCUT2D eigenvalue weighted by atomic mass is 32.2. The summed E-state index contributed by atoms with van der Waals surface area (Å²) in [5.74, 6) is 1.00. The highest BCUT2D eigenvalue weighted by Crippen LogP contribution is 2.30.